The van der Waals surface area contributed by atoms with Gasteiger partial charge in [0.2, 0.25) is 0 Å². The van der Waals surface area contributed by atoms with E-state index >= 15 is 0 Å². The third kappa shape index (κ3) is 8.47. The molecular weight excluding hydrogens is 455 g/mol. The van der Waals surface area contributed by atoms with Crippen molar-refractivity contribution in [2.75, 3.05) is 17.6 Å². The summed E-state index contributed by atoms with van der Waals surface area (Å²) in [5.74, 6) is -1.04. The molecule has 0 bridgehead atoms. The quantitative estimate of drug-likeness (QED) is 0.521. The van der Waals surface area contributed by atoms with Crippen molar-refractivity contribution in [2.45, 2.75) is 64.5 Å². The van der Waals surface area contributed by atoms with Gasteiger partial charge in [0.15, 0.2) is 5.78 Å². The molecule has 27 heavy (non-hydrogen) atoms. The highest BCUT2D eigenvalue weighted by atomic mass is 79.9. The summed E-state index contributed by atoms with van der Waals surface area (Å²) >= 11 is 3.07. The maximum absolute atomic E-state index is 12.5. The lowest BCUT2D eigenvalue weighted by molar-refractivity contribution is -0.130. The van der Waals surface area contributed by atoms with Crippen LogP contribution in [0.1, 0.15) is 40.5 Å². The van der Waals surface area contributed by atoms with Crippen LogP contribution in [0.4, 0.5) is 18.0 Å². The summed E-state index contributed by atoms with van der Waals surface area (Å²) in [4.78, 5) is 24.2. The van der Waals surface area contributed by atoms with Crippen LogP contribution in [0.2, 0.25) is 0 Å². The largest absolute Gasteiger partial charge is 0.443 e. The molecule has 4 atom stereocenters. The van der Waals surface area contributed by atoms with E-state index in [1.165, 1.54) is 0 Å². The second-order valence-electron chi connectivity index (χ2n) is 7.42. The Balaban J connectivity index is 2.87. The standard InChI is InChI=1S/C16H25BrF3NO5S/c1-10-7-11(25-13(10)12(22)8-17)9-21(14(23)26-15(2,3)4)27(24)6-5-16(18,19)20/h10-11,13H,5-9H2,1-4H3. The molecule has 1 aliphatic rings. The first kappa shape index (κ1) is 24.4. The highest BCUT2D eigenvalue weighted by Gasteiger charge is 2.40. The lowest BCUT2D eigenvalue weighted by Gasteiger charge is -2.28. The fraction of sp³-hybridized carbons (Fsp3) is 0.875. The van der Waals surface area contributed by atoms with Crippen molar-refractivity contribution < 1.29 is 36.4 Å². The second-order valence-corrected chi connectivity index (χ2v) is 9.48. The zero-order chi connectivity index (χ0) is 21.0. The Morgan fingerprint density at radius 3 is 2.37 bits per heavy atom. The predicted molar refractivity (Wildman–Crippen MR) is 97.9 cm³/mol. The number of rotatable bonds is 7. The average molecular weight is 480 g/mol. The zero-order valence-electron chi connectivity index (χ0n) is 15.7. The molecule has 0 aromatic rings. The number of carbonyl (C=O) groups is 2. The number of alkyl halides is 4. The van der Waals surface area contributed by atoms with Gasteiger partial charge in [-0.25, -0.2) is 13.3 Å². The maximum atomic E-state index is 12.5. The van der Waals surface area contributed by atoms with Gasteiger partial charge in [-0.15, -0.1) is 0 Å². The Kier molecular flexibility index (Phi) is 8.74. The molecule has 4 unspecified atom stereocenters. The predicted octanol–water partition coefficient (Wildman–Crippen LogP) is 3.60. The molecule has 1 amide bonds. The van der Waals surface area contributed by atoms with Crippen LogP contribution in [0.25, 0.3) is 0 Å². The molecule has 0 saturated carbocycles. The van der Waals surface area contributed by atoms with Gasteiger partial charge >= 0.3 is 12.3 Å². The van der Waals surface area contributed by atoms with Gasteiger partial charge in [-0.3, -0.25) is 4.79 Å². The minimum absolute atomic E-state index is 0.113. The molecule has 0 aromatic heterocycles. The van der Waals surface area contributed by atoms with E-state index < -0.39 is 53.2 Å². The third-order valence-corrected chi connectivity index (χ3v) is 5.61. The number of ketones is 1. The molecule has 1 saturated heterocycles. The fourth-order valence-electron chi connectivity index (χ4n) is 2.57. The van der Waals surface area contributed by atoms with E-state index in [9.17, 15) is 27.0 Å². The van der Waals surface area contributed by atoms with E-state index in [2.05, 4.69) is 15.9 Å². The van der Waals surface area contributed by atoms with Gasteiger partial charge in [0.25, 0.3) is 0 Å². The molecule has 0 spiro atoms. The van der Waals surface area contributed by atoms with Crippen molar-refractivity contribution >= 4 is 38.8 Å². The molecule has 0 radical (unpaired) electrons. The van der Waals surface area contributed by atoms with Crippen LogP contribution in [0, 0.1) is 5.92 Å². The molecular formula is C16H25BrF3NO5S. The van der Waals surface area contributed by atoms with Crippen LogP contribution >= 0.6 is 15.9 Å². The summed E-state index contributed by atoms with van der Waals surface area (Å²) in [6, 6.07) is 0. The Morgan fingerprint density at radius 2 is 1.89 bits per heavy atom. The van der Waals surface area contributed by atoms with Gasteiger partial charge in [0.05, 0.1) is 30.2 Å². The Labute approximate surface area is 167 Å². The van der Waals surface area contributed by atoms with Crippen LogP contribution in [0.15, 0.2) is 0 Å². The first-order chi connectivity index (χ1) is 12.2. The van der Waals surface area contributed by atoms with Gasteiger partial charge in [-0.05, 0) is 33.1 Å². The summed E-state index contributed by atoms with van der Waals surface area (Å²) in [7, 11) is -2.24. The number of hydrogen-bond acceptors (Lipinski definition) is 5. The molecule has 11 heteroatoms. The highest BCUT2D eigenvalue weighted by Crippen LogP contribution is 2.29. The normalized spacial score (nSPS) is 24.5. The van der Waals surface area contributed by atoms with Crippen molar-refractivity contribution in [1.29, 1.82) is 0 Å². The summed E-state index contributed by atoms with van der Waals surface area (Å²) < 4.78 is 61.3. The number of ether oxygens (including phenoxy) is 2. The summed E-state index contributed by atoms with van der Waals surface area (Å²) in [5.41, 5.74) is -0.901. The number of hydrogen-bond donors (Lipinski definition) is 0. The number of Topliss-reactive ketones (excluding diaryl/α,β-unsaturated/α-hetero) is 1. The topological polar surface area (TPSA) is 72.9 Å². The first-order valence-electron chi connectivity index (χ1n) is 8.43. The van der Waals surface area contributed by atoms with Gasteiger partial charge in [-0.2, -0.15) is 13.2 Å². The van der Waals surface area contributed by atoms with Crippen LogP contribution in [-0.2, 0) is 25.3 Å². The van der Waals surface area contributed by atoms with E-state index in [0.29, 0.717) is 6.42 Å². The van der Waals surface area contributed by atoms with Crippen LogP contribution in [-0.4, -0.2) is 62.0 Å². The SMILES string of the molecule is CC1CC(CN(C(=O)OC(C)(C)C)S(=O)CCC(F)(F)F)OC1C(=O)CBr. The number of nitrogens with zero attached hydrogens (tertiary/aromatic N) is 1. The molecule has 1 heterocycles. The monoisotopic (exact) mass is 479 g/mol. The van der Waals surface area contributed by atoms with Crippen LogP contribution in [0.3, 0.4) is 0 Å². The van der Waals surface area contributed by atoms with Gasteiger partial charge in [0, 0.05) is 0 Å². The minimum Gasteiger partial charge on any atom is -0.443 e. The number of carbonyl (C=O) groups excluding carboxylic acids is 2. The van der Waals surface area contributed by atoms with Crippen molar-refractivity contribution in [3.8, 4) is 0 Å². The van der Waals surface area contributed by atoms with E-state index in [1.54, 1.807) is 20.8 Å². The summed E-state index contributed by atoms with van der Waals surface area (Å²) in [6.07, 6.45) is -7.62. The van der Waals surface area contributed by atoms with Crippen LogP contribution < -0.4 is 0 Å². The molecule has 1 rings (SSSR count). The first-order valence-corrected chi connectivity index (χ1v) is 10.8. The third-order valence-electron chi connectivity index (χ3n) is 3.71. The van der Waals surface area contributed by atoms with Gasteiger partial charge in [0.1, 0.15) is 22.7 Å². The second kappa shape index (κ2) is 9.69. The average Bonchev–Trinajstić information content (AvgIpc) is 2.87. The van der Waals surface area contributed by atoms with Crippen molar-refractivity contribution in [3.05, 3.63) is 0 Å². The van der Waals surface area contributed by atoms with Crippen molar-refractivity contribution in [1.82, 2.24) is 4.31 Å². The number of halogens is 4. The summed E-state index contributed by atoms with van der Waals surface area (Å²) in [5, 5.41) is 0.113. The lowest BCUT2D eigenvalue weighted by atomic mass is 9.99. The molecule has 1 fully saturated rings. The molecule has 1 aliphatic heterocycles. The molecule has 0 aromatic carbocycles. The van der Waals surface area contributed by atoms with Crippen molar-refractivity contribution in [2.24, 2.45) is 5.92 Å². The molecule has 6 nitrogen and oxygen atoms in total. The van der Waals surface area contributed by atoms with Crippen LogP contribution in [0.5, 0.6) is 0 Å². The molecule has 158 valence electrons. The van der Waals surface area contributed by atoms with E-state index in [0.717, 1.165) is 4.31 Å². The highest BCUT2D eigenvalue weighted by molar-refractivity contribution is 9.09. The molecule has 0 aliphatic carbocycles. The maximum Gasteiger partial charge on any atom is 0.422 e. The minimum atomic E-state index is -4.49. The Hall–Kier alpha value is -0.680. The van der Waals surface area contributed by atoms with Gasteiger partial charge < -0.3 is 9.47 Å². The zero-order valence-corrected chi connectivity index (χ0v) is 18.1. The smallest absolute Gasteiger partial charge is 0.422 e. The van der Waals surface area contributed by atoms with E-state index in [1.807, 2.05) is 6.92 Å². The molecule has 0 N–H and O–H groups in total. The lowest BCUT2D eigenvalue weighted by Crippen LogP contribution is -2.43. The van der Waals surface area contributed by atoms with E-state index in [-0.39, 0.29) is 23.6 Å². The Morgan fingerprint density at radius 1 is 1.30 bits per heavy atom. The van der Waals surface area contributed by atoms with Gasteiger partial charge in [-0.1, -0.05) is 22.9 Å². The number of amides is 1. The van der Waals surface area contributed by atoms with Crippen molar-refractivity contribution in [3.63, 3.8) is 0 Å². The summed E-state index contributed by atoms with van der Waals surface area (Å²) in [6.45, 7) is 6.39. The fourth-order valence-corrected chi connectivity index (χ4v) is 4.06. The van der Waals surface area contributed by atoms with E-state index in [4.69, 9.17) is 9.47 Å². The Bertz CT molecular complexity index is 567.